The van der Waals surface area contributed by atoms with Gasteiger partial charge in [0.2, 0.25) is 0 Å². The number of nitrogens with zero attached hydrogens (tertiary/aromatic N) is 2. The van der Waals surface area contributed by atoms with Crippen molar-refractivity contribution in [3.8, 4) is 0 Å². The summed E-state index contributed by atoms with van der Waals surface area (Å²) in [5, 5.41) is 5.71. The third-order valence-electron chi connectivity index (χ3n) is 3.92. The zero-order chi connectivity index (χ0) is 13.8. The quantitative estimate of drug-likeness (QED) is 0.458. The van der Waals surface area contributed by atoms with Crippen molar-refractivity contribution in [1.82, 2.24) is 9.82 Å². The lowest BCUT2D eigenvalue weighted by Crippen LogP contribution is -2.14. The summed E-state index contributed by atoms with van der Waals surface area (Å²) in [7, 11) is 1.52. The fourth-order valence-corrected chi connectivity index (χ4v) is 3.40. The highest BCUT2D eigenvalue weighted by Gasteiger charge is 2.20. The zero-order valence-electron chi connectivity index (χ0n) is 11.1. The van der Waals surface area contributed by atoms with E-state index in [1.165, 1.54) is 38.6 Å². The lowest BCUT2D eigenvalue weighted by Gasteiger charge is -2.24. The third kappa shape index (κ3) is 3.09. The van der Waals surface area contributed by atoms with Crippen LogP contribution in [0.1, 0.15) is 37.2 Å². The van der Waals surface area contributed by atoms with Crippen LogP contribution in [-0.2, 0) is 0 Å². The molecule has 0 amide bonds. The minimum atomic E-state index is 0.633. The molecule has 0 aliphatic heterocycles. The monoisotopic (exact) mass is 397 g/mol. The molecule has 3 rings (SSSR count). The molecule has 0 radical (unpaired) electrons. The molecule has 1 aliphatic carbocycles. The number of halogens is 1. The van der Waals surface area contributed by atoms with E-state index in [0.717, 1.165) is 18.4 Å². The van der Waals surface area contributed by atoms with Gasteiger partial charge in [0.1, 0.15) is 0 Å². The van der Waals surface area contributed by atoms with E-state index < -0.39 is 0 Å². The van der Waals surface area contributed by atoms with Gasteiger partial charge in [-0.15, -0.1) is 0 Å². The second-order valence-corrected chi connectivity index (χ2v) is 6.70. The van der Waals surface area contributed by atoms with E-state index in [1.807, 2.05) is 12.3 Å². The van der Waals surface area contributed by atoms with E-state index in [4.69, 9.17) is 0 Å². The number of hydrogen-bond acceptors (Lipinski definition) is 4. The molecule has 0 bridgehead atoms. The van der Waals surface area contributed by atoms with E-state index in [2.05, 4.69) is 60.4 Å². The standard InChI is InChI=1S/C15H16IN3S/c16-20-19-18-12-8-6-11(7-9-12)13-3-1-5-15-14(13)4-2-10-17-15/h1-5,10-11,19H,6-9H2. The minimum absolute atomic E-state index is 0.633. The first kappa shape index (κ1) is 14.1. The molecule has 0 saturated heterocycles. The second kappa shape index (κ2) is 6.76. The van der Waals surface area contributed by atoms with Crippen LogP contribution in [0, 0.1) is 0 Å². The maximum absolute atomic E-state index is 4.45. The van der Waals surface area contributed by atoms with Gasteiger partial charge in [-0.05, 0) is 49.3 Å². The smallest absolute Gasteiger partial charge is 0.0704 e. The Hall–Kier alpha value is -0.820. The summed E-state index contributed by atoms with van der Waals surface area (Å²) in [5.41, 5.74) is 3.85. The van der Waals surface area contributed by atoms with Crippen LogP contribution in [0.5, 0.6) is 0 Å². The molecule has 1 aromatic heterocycles. The summed E-state index contributed by atoms with van der Waals surface area (Å²) >= 11 is 2.20. The molecule has 2 aromatic rings. The predicted molar refractivity (Wildman–Crippen MR) is 95.1 cm³/mol. The molecule has 1 N–H and O–H groups in total. The average Bonchev–Trinajstić information content (AvgIpc) is 2.53. The van der Waals surface area contributed by atoms with E-state index >= 15 is 0 Å². The molecule has 1 aliphatic rings. The van der Waals surface area contributed by atoms with E-state index in [1.54, 1.807) is 0 Å². The van der Waals surface area contributed by atoms with Crippen molar-refractivity contribution in [2.75, 3.05) is 0 Å². The Morgan fingerprint density at radius 2 is 2.05 bits per heavy atom. The Balaban J connectivity index is 1.80. The molecule has 104 valence electrons. The van der Waals surface area contributed by atoms with Crippen molar-refractivity contribution >= 4 is 46.9 Å². The molecule has 1 fully saturated rings. The maximum atomic E-state index is 4.45. The van der Waals surface area contributed by atoms with Gasteiger partial charge in [0.15, 0.2) is 0 Å². The molecule has 20 heavy (non-hydrogen) atoms. The Labute approximate surface area is 135 Å². The SMILES string of the molecule is ISNN=C1CCC(c2cccc3ncccc23)CC1. The van der Waals surface area contributed by atoms with Gasteiger partial charge in [0.05, 0.1) is 5.52 Å². The molecule has 1 aromatic carbocycles. The number of benzene rings is 1. The van der Waals surface area contributed by atoms with Crippen LogP contribution in [0.3, 0.4) is 0 Å². The summed E-state index contributed by atoms with van der Waals surface area (Å²) < 4.78 is 0. The largest absolute Gasteiger partial charge is 0.256 e. The van der Waals surface area contributed by atoms with Crippen molar-refractivity contribution in [2.45, 2.75) is 31.6 Å². The molecular formula is C15H16IN3S. The average molecular weight is 397 g/mol. The molecular weight excluding hydrogens is 381 g/mol. The highest BCUT2D eigenvalue weighted by Crippen LogP contribution is 2.35. The molecule has 3 nitrogen and oxygen atoms in total. The summed E-state index contributed by atoms with van der Waals surface area (Å²) in [6.45, 7) is 0. The van der Waals surface area contributed by atoms with Crippen LogP contribution < -0.4 is 4.83 Å². The number of rotatable bonds is 3. The Morgan fingerprint density at radius 3 is 2.85 bits per heavy atom. The van der Waals surface area contributed by atoms with Crippen LogP contribution in [0.15, 0.2) is 41.6 Å². The van der Waals surface area contributed by atoms with E-state index in [-0.39, 0.29) is 0 Å². The van der Waals surface area contributed by atoms with Gasteiger partial charge in [-0.1, -0.05) is 18.2 Å². The molecule has 0 unspecified atom stereocenters. The van der Waals surface area contributed by atoms with Crippen molar-refractivity contribution in [1.29, 1.82) is 0 Å². The van der Waals surface area contributed by atoms with Crippen LogP contribution >= 0.6 is 30.3 Å². The first-order chi connectivity index (χ1) is 9.88. The number of aromatic nitrogens is 1. The molecule has 1 saturated carbocycles. The van der Waals surface area contributed by atoms with Crippen LogP contribution in [0.25, 0.3) is 10.9 Å². The number of hydrogen-bond donors (Lipinski definition) is 1. The van der Waals surface area contributed by atoms with Gasteiger partial charge in [-0.25, -0.2) is 4.83 Å². The van der Waals surface area contributed by atoms with Gasteiger partial charge >= 0.3 is 0 Å². The van der Waals surface area contributed by atoms with Crippen molar-refractivity contribution in [3.63, 3.8) is 0 Å². The van der Waals surface area contributed by atoms with E-state index in [0.29, 0.717) is 5.92 Å². The van der Waals surface area contributed by atoms with Gasteiger partial charge in [0.25, 0.3) is 0 Å². The van der Waals surface area contributed by atoms with Gasteiger partial charge in [0, 0.05) is 47.6 Å². The van der Waals surface area contributed by atoms with Crippen molar-refractivity contribution in [2.24, 2.45) is 5.10 Å². The molecule has 0 spiro atoms. The lowest BCUT2D eigenvalue weighted by atomic mass is 9.82. The summed E-state index contributed by atoms with van der Waals surface area (Å²) in [5.74, 6) is 0.633. The Kier molecular flexibility index (Phi) is 4.77. The number of fused-ring (bicyclic) bond motifs is 1. The number of pyridine rings is 1. The summed E-state index contributed by atoms with van der Waals surface area (Å²) in [4.78, 5) is 7.44. The van der Waals surface area contributed by atoms with E-state index in [9.17, 15) is 0 Å². The highest BCUT2D eigenvalue weighted by atomic mass is 127. The fraction of sp³-hybridized carbons (Fsp3) is 0.333. The number of hydrazone groups is 1. The summed E-state index contributed by atoms with van der Waals surface area (Å²) in [6.07, 6.45) is 6.41. The first-order valence-corrected chi connectivity index (χ1v) is 10.2. The topological polar surface area (TPSA) is 37.3 Å². The van der Waals surface area contributed by atoms with Gasteiger partial charge < -0.3 is 0 Å². The maximum Gasteiger partial charge on any atom is 0.0704 e. The van der Waals surface area contributed by atoms with Crippen LogP contribution in [-0.4, -0.2) is 10.7 Å². The van der Waals surface area contributed by atoms with Crippen LogP contribution in [0.2, 0.25) is 0 Å². The van der Waals surface area contributed by atoms with Gasteiger partial charge in [-0.2, -0.15) is 5.10 Å². The lowest BCUT2D eigenvalue weighted by molar-refractivity contribution is 0.568. The molecule has 1 heterocycles. The minimum Gasteiger partial charge on any atom is -0.256 e. The van der Waals surface area contributed by atoms with Crippen molar-refractivity contribution < 1.29 is 0 Å². The fourth-order valence-electron chi connectivity index (χ4n) is 2.94. The third-order valence-corrected chi connectivity index (χ3v) is 4.67. The van der Waals surface area contributed by atoms with Crippen LogP contribution in [0.4, 0.5) is 0 Å². The first-order valence-electron chi connectivity index (χ1n) is 6.80. The van der Waals surface area contributed by atoms with Crippen molar-refractivity contribution in [3.05, 3.63) is 42.1 Å². The second-order valence-electron chi connectivity index (χ2n) is 5.04. The van der Waals surface area contributed by atoms with Gasteiger partial charge in [-0.3, -0.25) is 4.98 Å². The zero-order valence-corrected chi connectivity index (χ0v) is 14.0. The highest BCUT2D eigenvalue weighted by molar-refractivity contribution is 14.2. The Bertz CT molecular complexity index is 614. The Morgan fingerprint density at radius 1 is 1.20 bits per heavy atom. The predicted octanol–water partition coefficient (Wildman–Crippen LogP) is 4.84. The normalized spacial score (nSPS) is 19.1. The molecule has 0 atom stereocenters. The summed E-state index contributed by atoms with van der Waals surface area (Å²) in [6, 6.07) is 10.7. The number of nitrogens with one attached hydrogen (secondary N) is 1. The molecule has 5 heteroatoms.